The van der Waals surface area contributed by atoms with Crippen LogP contribution in [0.1, 0.15) is 16.7 Å². The number of hydrogen-bond donors (Lipinski definition) is 0. The van der Waals surface area contributed by atoms with Crippen molar-refractivity contribution in [2.24, 2.45) is 0 Å². The van der Waals surface area contributed by atoms with Gasteiger partial charge in [0.25, 0.3) is 11.1 Å². The van der Waals surface area contributed by atoms with Gasteiger partial charge in [-0.2, -0.15) is 0 Å². The van der Waals surface area contributed by atoms with E-state index < -0.39 is 0 Å². The molecule has 1 aliphatic rings. The Morgan fingerprint density at radius 2 is 1.56 bits per heavy atom. The molecule has 1 fully saturated rings. The summed E-state index contributed by atoms with van der Waals surface area (Å²) in [6, 6.07) is 25.2. The molecule has 0 aliphatic carbocycles. The Morgan fingerprint density at radius 1 is 0.875 bits per heavy atom. The minimum atomic E-state index is -0.265. The van der Waals surface area contributed by atoms with E-state index in [1.165, 1.54) is 4.90 Å². The molecule has 0 bridgehead atoms. The van der Waals surface area contributed by atoms with Crippen LogP contribution < -0.4 is 9.47 Å². The number of rotatable bonds is 8. The standard InChI is InChI=1S/C26H23NO4S/c1-30-23-16-21(12-13-22(23)31-18-20-10-6-3-7-11-20)17-24-25(28)27(26(29)32-24)15-14-19-8-4-2-5-9-19/h2-13,16-17H,14-15,18H2,1H3/b24-17-. The van der Waals surface area contributed by atoms with E-state index in [-0.39, 0.29) is 11.1 Å². The third-order valence-electron chi connectivity index (χ3n) is 5.06. The first-order valence-corrected chi connectivity index (χ1v) is 11.1. The second kappa shape index (κ2) is 10.2. The Kier molecular flexibility index (Phi) is 6.92. The van der Waals surface area contributed by atoms with Gasteiger partial charge in [0.1, 0.15) is 6.61 Å². The number of hydrogen-bond acceptors (Lipinski definition) is 5. The van der Waals surface area contributed by atoms with E-state index in [0.29, 0.717) is 36.0 Å². The molecule has 0 atom stereocenters. The van der Waals surface area contributed by atoms with Gasteiger partial charge in [-0.3, -0.25) is 14.5 Å². The Bertz CT molecular complexity index is 1130. The topological polar surface area (TPSA) is 55.8 Å². The number of imide groups is 1. The fraction of sp³-hybridized carbons (Fsp3) is 0.154. The molecule has 4 rings (SSSR count). The summed E-state index contributed by atoms with van der Waals surface area (Å²) < 4.78 is 11.4. The zero-order valence-electron chi connectivity index (χ0n) is 17.7. The van der Waals surface area contributed by atoms with E-state index in [2.05, 4.69) is 0 Å². The zero-order valence-corrected chi connectivity index (χ0v) is 18.5. The van der Waals surface area contributed by atoms with Crippen LogP contribution >= 0.6 is 11.8 Å². The molecule has 1 aliphatic heterocycles. The van der Waals surface area contributed by atoms with Gasteiger partial charge in [-0.15, -0.1) is 0 Å². The number of ether oxygens (including phenoxy) is 2. The summed E-state index contributed by atoms with van der Waals surface area (Å²) in [5.41, 5.74) is 2.91. The number of carbonyl (C=O) groups is 2. The predicted octanol–water partition coefficient (Wildman–Crippen LogP) is 5.55. The highest BCUT2D eigenvalue weighted by Gasteiger charge is 2.34. The van der Waals surface area contributed by atoms with Crippen LogP contribution in [0.15, 0.2) is 83.8 Å². The van der Waals surface area contributed by atoms with E-state index in [9.17, 15) is 9.59 Å². The number of carbonyl (C=O) groups excluding carboxylic acids is 2. The van der Waals surface area contributed by atoms with Gasteiger partial charge < -0.3 is 9.47 Å². The molecule has 162 valence electrons. The monoisotopic (exact) mass is 445 g/mol. The van der Waals surface area contributed by atoms with Crippen molar-refractivity contribution in [2.45, 2.75) is 13.0 Å². The lowest BCUT2D eigenvalue weighted by atomic mass is 10.1. The van der Waals surface area contributed by atoms with Crippen molar-refractivity contribution in [1.29, 1.82) is 0 Å². The molecule has 3 aromatic carbocycles. The molecule has 32 heavy (non-hydrogen) atoms. The van der Waals surface area contributed by atoms with E-state index in [4.69, 9.17) is 9.47 Å². The van der Waals surface area contributed by atoms with Gasteiger partial charge in [0.2, 0.25) is 0 Å². The SMILES string of the molecule is COc1cc(/C=C2\SC(=O)N(CCc3ccccc3)C2=O)ccc1OCc1ccccc1. The summed E-state index contributed by atoms with van der Waals surface area (Å²) in [7, 11) is 1.58. The summed E-state index contributed by atoms with van der Waals surface area (Å²) in [5.74, 6) is 0.918. The van der Waals surface area contributed by atoms with E-state index in [0.717, 1.165) is 28.5 Å². The Hall–Kier alpha value is -3.51. The smallest absolute Gasteiger partial charge is 0.293 e. The molecular weight excluding hydrogens is 422 g/mol. The molecule has 2 amide bonds. The maximum Gasteiger partial charge on any atom is 0.293 e. The lowest BCUT2D eigenvalue weighted by Gasteiger charge is -2.12. The van der Waals surface area contributed by atoms with Gasteiger partial charge in [0, 0.05) is 6.54 Å². The van der Waals surface area contributed by atoms with Crippen LogP contribution in [0.2, 0.25) is 0 Å². The fourth-order valence-electron chi connectivity index (χ4n) is 3.36. The number of thioether (sulfide) groups is 1. The maximum atomic E-state index is 12.8. The Labute approximate surface area is 191 Å². The van der Waals surface area contributed by atoms with Gasteiger partial charge in [-0.1, -0.05) is 66.7 Å². The molecule has 1 heterocycles. The van der Waals surface area contributed by atoms with Gasteiger partial charge in [-0.05, 0) is 53.1 Å². The first kappa shape index (κ1) is 21.7. The summed E-state index contributed by atoms with van der Waals surface area (Å²) in [6.45, 7) is 0.790. The van der Waals surface area contributed by atoms with Crippen LogP contribution in [0, 0.1) is 0 Å². The molecule has 0 radical (unpaired) electrons. The Morgan fingerprint density at radius 3 is 2.25 bits per heavy atom. The number of benzene rings is 3. The van der Waals surface area contributed by atoms with Crippen LogP contribution in [0.5, 0.6) is 11.5 Å². The molecule has 1 saturated heterocycles. The van der Waals surface area contributed by atoms with E-state index >= 15 is 0 Å². The van der Waals surface area contributed by atoms with Crippen molar-refractivity contribution in [1.82, 2.24) is 4.90 Å². The highest BCUT2D eigenvalue weighted by molar-refractivity contribution is 8.18. The fourth-order valence-corrected chi connectivity index (χ4v) is 4.22. The van der Waals surface area contributed by atoms with Crippen LogP contribution in [-0.4, -0.2) is 29.7 Å². The molecule has 0 unspecified atom stereocenters. The Balaban J connectivity index is 1.44. The van der Waals surface area contributed by atoms with Crippen molar-refractivity contribution in [2.75, 3.05) is 13.7 Å². The highest BCUT2D eigenvalue weighted by atomic mass is 32.2. The molecule has 6 heteroatoms. The van der Waals surface area contributed by atoms with Crippen LogP contribution in [0.4, 0.5) is 4.79 Å². The third kappa shape index (κ3) is 5.21. The molecule has 0 spiro atoms. The second-order valence-corrected chi connectivity index (χ2v) is 8.25. The van der Waals surface area contributed by atoms with Crippen LogP contribution in [0.25, 0.3) is 6.08 Å². The largest absolute Gasteiger partial charge is 0.493 e. The van der Waals surface area contributed by atoms with Gasteiger partial charge in [0.15, 0.2) is 11.5 Å². The number of methoxy groups -OCH3 is 1. The molecule has 0 N–H and O–H groups in total. The van der Waals surface area contributed by atoms with Crippen molar-refractivity contribution < 1.29 is 19.1 Å². The van der Waals surface area contributed by atoms with Crippen molar-refractivity contribution >= 4 is 29.0 Å². The van der Waals surface area contributed by atoms with Gasteiger partial charge in [-0.25, -0.2) is 0 Å². The summed E-state index contributed by atoms with van der Waals surface area (Å²) in [6.07, 6.45) is 2.35. The molecule has 5 nitrogen and oxygen atoms in total. The number of amides is 2. The first-order valence-electron chi connectivity index (χ1n) is 10.3. The first-order chi connectivity index (χ1) is 15.6. The summed E-state index contributed by atoms with van der Waals surface area (Å²) >= 11 is 0.963. The molecule has 3 aromatic rings. The lowest BCUT2D eigenvalue weighted by Crippen LogP contribution is -2.30. The maximum absolute atomic E-state index is 12.8. The lowest BCUT2D eigenvalue weighted by molar-refractivity contribution is -0.122. The summed E-state index contributed by atoms with van der Waals surface area (Å²) in [4.78, 5) is 26.9. The van der Waals surface area contributed by atoms with Gasteiger partial charge in [0.05, 0.1) is 12.0 Å². The molecular formula is C26H23NO4S. The molecule has 0 aromatic heterocycles. The van der Waals surface area contributed by atoms with Crippen molar-refractivity contribution in [3.63, 3.8) is 0 Å². The average Bonchev–Trinajstić information content (AvgIpc) is 3.10. The van der Waals surface area contributed by atoms with Crippen LogP contribution in [0.3, 0.4) is 0 Å². The quantitative estimate of drug-likeness (QED) is 0.425. The average molecular weight is 446 g/mol. The second-order valence-electron chi connectivity index (χ2n) is 7.25. The third-order valence-corrected chi connectivity index (χ3v) is 5.97. The minimum Gasteiger partial charge on any atom is -0.493 e. The minimum absolute atomic E-state index is 0.244. The van der Waals surface area contributed by atoms with Crippen molar-refractivity contribution in [3.8, 4) is 11.5 Å². The summed E-state index contributed by atoms with van der Waals surface area (Å²) in [5, 5.41) is -0.244. The van der Waals surface area contributed by atoms with Crippen molar-refractivity contribution in [3.05, 3.63) is 100 Å². The van der Waals surface area contributed by atoms with E-state index in [1.54, 1.807) is 19.3 Å². The van der Waals surface area contributed by atoms with Gasteiger partial charge >= 0.3 is 0 Å². The van der Waals surface area contributed by atoms with Crippen LogP contribution in [-0.2, 0) is 17.8 Å². The van der Waals surface area contributed by atoms with E-state index in [1.807, 2.05) is 72.8 Å². The normalized spacial score (nSPS) is 14.8. The predicted molar refractivity (Wildman–Crippen MR) is 127 cm³/mol. The highest BCUT2D eigenvalue weighted by Crippen LogP contribution is 2.34. The number of nitrogens with zero attached hydrogens (tertiary/aromatic N) is 1. The molecule has 0 saturated carbocycles. The zero-order chi connectivity index (χ0) is 22.3.